The van der Waals surface area contributed by atoms with Gasteiger partial charge in [0, 0.05) is 22.5 Å². The van der Waals surface area contributed by atoms with E-state index in [4.69, 9.17) is 16.3 Å². The van der Waals surface area contributed by atoms with Crippen molar-refractivity contribution in [1.29, 1.82) is 0 Å². The molecule has 2 rings (SSSR count). The second-order valence-electron chi connectivity index (χ2n) is 5.32. The Bertz CT molecular complexity index is 644. The van der Waals surface area contributed by atoms with Crippen LogP contribution in [0.5, 0.6) is 5.75 Å². The quantitative estimate of drug-likeness (QED) is 0.813. The van der Waals surface area contributed by atoms with E-state index in [2.05, 4.69) is 24.5 Å². The molecule has 0 aliphatic carbocycles. The molecule has 0 saturated heterocycles. The van der Waals surface area contributed by atoms with Gasteiger partial charge >= 0.3 is 6.03 Å². The van der Waals surface area contributed by atoms with Crippen LogP contribution in [0.1, 0.15) is 13.8 Å². The van der Waals surface area contributed by atoms with Crippen LogP contribution in [0.25, 0.3) is 0 Å². The Morgan fingerprint density at radius 3 is 2.36 bits per heavy atom. The number of carbonyl (C=O) groups is 1. The molecular formula is C17H19ClN2O2. The van der Waals surface area contributed by atoms with Crippen LogP contribution in [0.3, 0.4) is 0 Å². The smallest absolute Gasteiger partial charge is 0.323 e. The Kier molecular flexibility index (Phi) is 5.67. The van der Waals surface area contributed by atoms with Crippen molar-refractivity contribution in [2.24, 2.45) is 5.92 Å². The molecule has 2 aromatic carbocycles. The van der Waals surface area contributed by atoms with Crippen molar-refractivity contribution in [1.82, 2.24) is 0 Å². The largest absolute Gasteiger partial charge is 0.493 e. The SMILES string of the molecule is CC(C)COc1cccc(NC(=O)Nc2cccc(Cl)c2)c1. The number of benzene rings is 2. The van der Waals surface area contributed by atoms with Crippen LogP contribution >= 0.6 is 11.6 Å². The summed E-state index contributed by atoms with van der Waals surface area (Å²) in [5, 5.41) is 6.06. The molecule has 116 valence electrons. The van der Waals surface area contributed by atoms with Gasteiger partial charge in [-0.1, -0.05) is 37.6 Å². The number of hydrogen-bond acceptors (Lipinski definition) is 2. The van der Waals surface area contributed by atoms with Crippen LogP contribution in [0.4, 0.5) is 16.2 Å². The lowest BCUT2D eigenvalue weighted by molar-refractivity contribution is 0.262. The zero-order valence-electron chi connectivity index (χ0n) is 12.6. The predicted octanol–water partition coefficient (Wildman–Crippen LogP) is 5.02. The molecule has 0 aromatic heterocycles. The summed E-state index contributed by atoms with van der Waals surface area (Å²) in [6.07, 6.45) is 0. The fraction of sp³-hybridized carbons (Fsp3) is 0.235. The number of carbonyl (C=O) groups excluding carboxylic acids is 1. The van der Waals surface area contributed by atoms with E-state index in [0.717, 1.165) is 5.75 Å². The molecule has 0 aliphatic heterocycles. The molecule has 0 fully saturated rings. The summed E-state index contributed by atoms with van der Waals surface area (Å²) in [4.78, 5) is 12.0. The molecule has 4 nitrogen and oxygen atoms in total. The maximum absolute atomic E-state index is 12.0. The Morgan fingerprint density at radius 2 is 1.73 bits per heavy atom. The van der Waals surface area contributed by atoms with E-state index >= 15 is 0 Å². The molecule has 2 amide bonds. The normalized spacial score (nSPS) is 10.4. The number of urea groups is 1. The number of halogens is 1. The van der Waals surface area contributed by atoms with Crippen LogP contribution in [0.15, 0.2) is 48.5 Å². The van der Waals surface area contributed by atoms with Gasteiger partial charge in [0.15, 0.2) is 0 Å². The van der Waals surface area contributed by atoms with Gasteiger partial charge in [0.05, 0.1) is 6.61 Å². The predicted molar refractivity (Wildman–Crippen MR) is 90.9 cm³/mol. The minimum atomic E-state index is -0.330. The number of ether oxygens (including phenoxy) is 1. The maximum Gasteiger partial charge on any atom is 0.323 e. The molecule has 0 unspecified atom stereocenters. The third kappa shape index (κ3) is 5.30. The second-order valence-corrected chi connectivity index (χ2v) is 5.76. The zero-order valence-corrected chi connectivity index (χ0v) is 13.4. The van der Waals surface area contributed by atoms with Crippen molar-refractivity contribution in [3.63, 3.8) is 0 Å². The minimum Gasteiger partial charge on any atom is -0.493 e. The molecule has 0 radical (unpaired) electrons. The first kappa shape index (κ1) is 16.2. The molecule has 2 aromatic rings. The summed E-state index contributed by atoms with van der Waals surface area (Å²) < 4.78 is 5.63. The van der Waals surface area contributed by atoms with Crippen molar-refractivity contribution in [3.05, 3.63) is 53.6 Å². The average Bonchev–Trinajstić information content (AvgIpc) is 2.45. The van der Waals surface area contributed by atoms with E-state index in [0.29, 0.717) is 28.9 Å². The van der Waals surface area contributed by atoms with E-state index in [1.165, 1.54) is 0 Å². The molecular weight excluding hydrogens is 300 g/mol. The summed E-state index contributed by atoms with van der Waals surface area (Å²) in [5.41, 5.74) is 1.30. The van der Waals surface area contributed by atoms with Crippen molar-refractivity contribution in [2.45, 2.75) is 13.8 Å². The van der Waals surface area contributed by atoms with Gasteiger partial charge in [-0.2, -0.15) is 0 Å². The Labute approximate surface area is 135 Å². The van der Waals surface area contributed by atoms with Gasteiger partial charge in [0.25, 0.3) is 0 Å². The maximum atomic E-state index is 12.0. The Morgan fingerprint density at radius 1 is 1.09 bits per heavy atom. The lowest BCUT2D eigenvalue weighted by Gasteiger charge is -2.11. The van der Waals surface area contributed by atoms with Gasteiger partial charge in [0.1, 0.15) is 5.75 Å². The summed E-state index contributed by atoms with van der Waals surface area (Å²) in [5.74, 6) is 1.18. The molecule has 5 heteroatoms. The van der Waals surface area contributed by atoms with Gasteiger partial charge in [-0.05, 0) is 36.2 Å². The van der Waals surface area contributed by atoms with Crippen LogP contribution < -0.4 is 15.4 Å². The fourth-order valence-electron chi connectivity index (χ4n) is 1.79. The van der Waals surface area contributed by atoms with Gasteiger partial charge in [0.2, 0.25) is 0 Å². The highest BCUT2D eigenvalue weighted by Gasteiger charge is 2.04. The topological polar surface area (TPSA) is 50.4 Å². The first-order valence-corrected chi connectivity index (χ1v) is 7.47. The number of nitrogens with one attached hydrogen (secondary N) is 2. The van der Waals surface area contributed by atoms with E-state index in [-0.39, 0.29) is 6.03 Å². The first-order chi connectivity index (χ1) is 10.5. The van der Waals surface area contributed by atoms with E-state index in [9.17, 15) is 4.79 Å². The molecule has 0 bridgehead atoms. The molecule has 0 aliphatic rings. The number of rotatable bonds is 5. The van der Waals surface area contributed by atoms with Crippen LogP contribution in [-0.4, -0.2) is 12.6 Å². The average molecular weight is 319 g/mol. The first-order valence-electron chi connectivity index (χ1n) is 7.09. The van der Waals surface area contributed by atoms with Gasteiger partial charge in [-0.15, -0.1) is 0 Å². The van der Waals surface area contributed by atoms with Crippen LogP contribution in [0.2, 0.25) is 5.02 Å². The zero-order chi connectivity index (χ0) is 15.9. The van der Waals surface area contributed by atoms with Crippen LogP contribution in [-0.2, 0) is 0 Å². The third-order valence-electron chi connectivity index (χ3n) is 2.76. The number of hydrogen-bond donors (Lipinski definition) is 2. The van der Waals surface area contributed by atoms with Crippen molar-refractivity contribution >= 4 is 29.0 Å². The molecule has 22 heavy (non-hydrogen) atoms. The highest BCUT2D eigenvalue weighted by molar-refractivity contribution is 6.30. The fourth-order valence-corrected chi connectivity index (χ4v) is 1.98. The lowest BCUT2D eigenvalue weighted by Crippen LogP contribution is -2.19. The van der Waals surface area contributed by atoms with E-state index in [1.54, 1.807) is 36.4 Å². The van der Waals surface area contributed by atoms with E-state index in [1.807, 2.05) is 12.1 Å². The van der Waals surface area contributed by atoms with Crippen molar-refractivity contribution in [2.75, 3.05) is 17.2 Å². The molecule has 0 atom stereocenters. The van der Waals surface area contributed by atoms with Crippen molar-refractivity contribution in [3.8, 4) is 5.75 Å². The highest BCUT2D eigenvalue weighted by atomic mass is 35.5. The number of amides is 2. The van der Waals surface area contributed by atoms with Crippen LogP contribution in [0, 0.1) is 5.92 Å². The second kappa shape index (κ2) is 7.71. The van der Waals surface area contributed by atoms with Crippen molar-refractivity contribution < 1.29 is 9.53 Å². The molecule has 2 N–H and O–H groups in total. The monoisotopic (exact) mass is 318 g/mol. The minimum absolute atomic E-state index is 0.330. The molecule has 0 heterocycles. The van der Waals surface area contributed by atoms with Gasteiger partial charge < -0.3 is 15.4 Å². The Hall–Kier alpha value is -2.20. The van der Waals surface area contributed by atoms with Gasteiger partial charge in [-0.3, -0.25) is 0 Å². The summed E-state index contributed by atoms with van der Waals surface area (Å²) in [6.45, 7) is 4.80. The molecule has 0 saturated carbocycles. The third-order valence-corrected chi connectivity index (χ3v) is 2.99. The standard InChI is InChI=1S/C17H19ClN2O2/c1-12(2)11-22-16-8-4-7-15(10-16)20-17(21)19-14-6-3-5-13(18)9-14/h3-10,12H,11H2,1-2H3,(H2,19,20,21). The number of anilines is 2. The highest BCUT2D eigenvalue weighted by Crippen LogP contribution is 2.19. The lowest BCUT2D eigenvalue weighted by atomic mass is 10.2. The summed E-state index contributed by atoms with van der Waals surface area (Å²) in [7, 11) is 0. The van der Waals surface area contributed by atoms with E-state index < -0.39 is 0 Å². The summed E-state index contributed by atoms with van der Waals surface area (Å²) >= 11 is 5.88. The Balaban J connectivity index is 1.95. The van der Waals surface area contributed by atoms with Gasteiger partial charge in [-0.25, -0.2) is 4.79 Å². The molecule has 0 spiro atoms. The summed E-state index contributed by atoms with van der Waals surface area (Å²) in [6, 6.07) is 13.9.